The zero-order chi connectivity index (χ0) is 15.5. The molecule has 0 bridgehead atoms. The molecule has 1 aliphatic carbocycles. The van der Waals surface area contributed by atoms with Gasteiger partial charge in [-0.1, -0.05) is 31.0 Å². The van der Waals surface area contributed by atoms with E-state index in [1.807, 2.05) is 0 Å². The highest BCUT2D eigenvalue weighted by atomic mass is 19.4. The van der Waals surface area contributed by atoms with Gasteiger partial charge in [0.15, 0.2) is 0 Å². The zero-order valence-corrected chi connectivity index (χ0v) is 11.7. The lowest BCUT2D eigenvalue weighted by atomic mass is 9.78. The number of hydrogen-bond donors (Lipinski definition) is 2. The van der Waals surface area contributed by atoms with Crippen molar-refractivity contribution in [3.05, 3.63) is 35.4 Å². The summed E-state index contributed by atoms with van der Waals surface area (Å²) in [4.78, 5) is 11.4. The summed E-state index contributed by atoms with van der Waals surface area (Å²) in [5, 5.41) is 2.73. The molecule has 0 radical (unpaired) electrons. The molecule has 0 aromatic heterocycles. The fourth-order valence-electron chi connectivity index (χ4n) is 2.98. The molecule has 1 fully saturated rings. The van der Waals surface area contributed by atoms with E-state index in [-0.39, 0.29) is 12.5 Å². The Hall–Kier alpha value is -1.56. The van der Waals surface area contributed by atoms with Crippen LogP contribution in [0.4, 0.5) is 13.2 Å². The van der Waals surface area contributed by atoms with E-state index in [9.17, 15) is 18.0 Å². The number of carbonyl (C=O) groups is 1. The van der Waals surface area contributed by atoms with E-state index < -0.39 is 17.2 Å². The van der Waals surface area contributed by atoms with Gasteiger partial charge in [-0.25, -0.2) is 0 Å². The molecule has 3 nitrogen and oxygen atoms in total. The molecule has 1 aromatic carbocycles. The van der Waals surface area contributed by atoms with Crippen molar-refractivity contribution < 1.29 is 18.0 Å². The van der Waals surface area contributed by atoms with E-state index in [1.54, 1.807) is 6.07 Å². The lowest BCUT2D eigenvalue weighted by Crippen LogP contribution is -2.41. The monoisotopic (exact) mass is 300 g/mol. The van der Waals surface area contributed by atoms with Gasteiger partial charge in [-0.3, -0.25) is 4.79 Å². The molecule has 3 N–H and O–H groups in total. The second-order valence-electron chi connectivity index (χ2n) is 5.55. The van der Waals surface area contributed by atoms with Crippen LogP contribution in [0.15, 0.2) is 24.3 Å². The summed E-state index contributed by atoms with van der Waals surface area (Å²) < 4.78 is 38.6. The van der Waals surface area contributed by atoms with Gasteiger partial charge in [0.1, 0.15) is 0 Å². The van der Waals surface area contributed by atoms with Gasteiger partial charge in [0, 0.05) is 12.0 Å². The Bertz CT molecular complexity index is 508. The maximum absolute atomic E-state index is 12.9. The maximum Gasteiger partial charge on any atom is 0.416 e. The Morgan fingerprint density at radius 2 is 1.95 bits per heavy atom. The third kappa shape index (κ3) is 3.56. The van der Waals surface area contributed by atoms with E-state index in [4.69, 9.17) is 5.73 Å². The summed E-state index contributed by atoms with van der Waals surface area (Å²) in [5.74, 6) is -0.284. The molecule has 0 spiro atoms. The molecule has 2 rings (SSSR count). The maximum atomic E-state index is 12.9. The van der Waals surface area contributed by atoms with Crippen LogP contribution in [0.3, 0.4) is 0 Å². The molecular weight excluding hydrogens is 281 g/mol. The van der Waals surface area contributed by atoms with Gasteiger partial charge in [0.05, 0.1) is 12.1 Å². The molecule has 0 heterocycles. The van der Waals surface area contributed by atoms with Gasteiger partial charge >= 0.3 is 6.18 Å². The molecule has 21 heavy (non-hydrogen) atoms. The third-order valence-electron chi connectivity index (χ3n) is 4.17. The van der Waals surface area contributed by atoms with Crippen LogP contribution in [0, 0.1) is 0 Å². The molecule has 0 saturated heterocycles. The van der Waals surface area contributed by atoms with Crippen molar-refractivity contribution in [2.75, 3.05) is 13.1 Å². The molecule has 116 valence electrons. The summed E-state index contributed by atoms with van der Waals surface area (Å²) in [7, 11) is 0. The van der Waals surface area contributed by atoms with Crippen LogP contribution in [0.2, 0.25) is 0 Å². The number of benzene rings is 1. The van der Waals surface area contributed by atoms with E-state index in [0.29, 0.717) is 12.1 Å². The normalized spacial score (nSPS) is 17.7. The van der Waals surface area contributed by atoms with Crippen molar-refractivity contribution in [1.82, 2.24) is 5.32 Å². The average Bonchev–Trinajstić information content (AvgIpc) is 2.94. The standard InChI is InChI=1S/C15H19F3N2O/c16-15(17,18)12-5-3-4-11(8-12)14(6-1-2-7-14)10-20-13(21)9-19/h3-5,8H,1-2,6-7,9-10,19H2,(H,20,21). The Labute approximate surface area is 121 Å². The Kier molecular flexibility index (Phi) is 4.56. The minimum atomic E-state index is -4.35. The van der Waals surface area contributed by atoms with E-state index in [2.05, 4.69) is 5.32 Å². The molecule has 0 atom stereocenters. The zero-order valence-electron chi connectivity index (χ0n) is 11.7. The largest absolute Gasteiger partial charge is 0.416 e. The first-order chi connectivity index (χ1) is 9.87. The summed E-state index contributed by atoms with van der Waals surface area (Å²) >= 11 is 0. The van der Waals surface area contributed by atoms with Crippen molar-refractivity contribution in [1.29, 1.82) is 0 Å². The van der Waals surface area contributed by atoms with Crippen molar-refractivity contribution >= 4 is 5.91 Å². The highest BCUT2D eigenvalue weighted by Gasteiger charge is 2.38. The number of carbonyl (C=O) groups excluding carboxylic acids is 1. The first kappa shape index (κ1) is 15.8. The molecule has 0 unspecified atom stereocenters. The second-order valence-corrected chi connectivity index (χ2v) is 5.55. The minimum absolute atomic E-state index is 0.112. The highest BCUT2D eigenvalue weighted by Crippen LogP contribution is 2.42. The van der Waals surface area contributed by atoms with Crippen LogP contribution in [0.25, 0.3) is 0 Å². The predicted molar refractivity (Wildman–Crippen MR) is 73.7 cm³/mol. The van der Waals surface area contributed by atoms with Crippen LogP contribution in [-0.2, 0) is 16.4 Å². The van der Waals surface area contributed by atoms with Crippen LogP contribution >= 0.6 is 0 Å². The Balaban J connectivity index is 2.28. The Morgan fingerprint density at radius 1 is 1.29 bits per heavy atom. The van der Waals surface area contributed by atoms with E-state index in [1.165, 1.54) is 12.1 Å². The SMILES string of the molecule is NCC(=O)NCC1(c2cccc(C(F)(F)F)c2)CCCC1. The van der Waals surface area contributed by atoms with Crippen LogP contribution in [0.1, 0.15) is 36.8 Å². The molecule has 1 aliphatic rings. The topological polar surface area (TPSA) is 55.1 Å². The van der Waals surface area contributed by atoms with E-state index in [0.717, 1.165) is 31.7 Å². The molecule has 1 saturated carbocycles. The molecular formula is C15H19F3N2O. The smallest absolute Gasteiger partial charge is 0.354 e. The van der Waals surface area contributed by atoms with Gasteiger partial charge in [-0.05, 0) is 24.5 Å². The van der Waals surface area contributed by atoms with Gasteiger partial charge in [0.2, 0.25) is 5.91 Å². The summed E-state index contributed by atoms with van der Waals surface area (Å²) in [6.45, 7) is 0.225. The first-order valence-electron chi connectivity index (χ1n) is 7.02. The average molecular weight is 300 g/mol. The molecule has 0 aliphatic heterocycles. The van der Waals surface area contributed by atoms with Gasteiger partial charge < -0.3 is 11.1 Å². The number of nitrogens with one attached hydrogen (secondary N) is 1. The van der Waals surface area contributed by atoms with Gasteiger partial charge in [0.25, 0.3) is 0 Å². The molecule has 6 heteroatoms. The number of amides is 1. The number of hydrogen-bond acceptors (Lipinski definition) is 2. The van der Waals surface area contributed by atoms with Crippen molar-refractivity contribution in [2.45, 2.75) is 37.3 Å². The lowest BCUT2D eigenvalue weighted by Gasteiger charge is -2.30. The van der Waals surface area contributed by atoms with Crippen LogP contribution in [0.5, 0.6) is 0 Å². The molecule has 1 aromatic rings. The second kappa shape index (κ2) is 6.05. The number of rotatable bonds is 4. The van der Waals surface area contributed by atoms with Crippen molar-refractivity contribution in [2.24, 2.45) is 5.73 Å². The number of halogens is 3. The number of alkyl halides is 3. The fraction of sp³-hybridized carbons (Fsp3) is 0.533. The first-order valence-corrected chi connectivity index (χ1v) is 7.02. The van der Waals surface area contributed by atoms with Crippen molar-refractivity contribution in [3.63, 3.8) is 0 Å². The van der Waals surface area contributed by atoms with Crippen molar-refractivity contribution in [3.8, 4) is 0 Å². The van der Waals surface area contributed by atoms with Crippen LogP contribution < -0.4 is 11.1 Å². The Morgan fingerprint density at radius 3 is 2.52 bits per heavy atom. The quantitative estimate of drug-likeness (QED) is 0.898. The summed E-state index contributed by atoms with van der Waals surface area (Å²) in [6, 6.07) is 5.43. The van der Waals surface area contributed by atoms with E-state index >= 15 is 0 Å². The highest BCUT2D eigenvalue weighted by molar-refractivity contribution is 5.77. The summed E-state index contributed by atoms with van der Waals surface area (Å²) in [5.41, 5.74) is 4.85. The fourth-order valence-corrected chi connectivity index (χ4v) is 2.98. The van der Waals surface area contributed by atoms with Gasteiger partial charge in [-0.15, -0.1) is 0 Å². The lowest BCUT2D eigenvalue weighted by molar-refractivity contribution is -0.137. The summed E-state index contributed by atoms with van der Waals surface area (Å²) in [6.07, 6.45) is -0.891. The number of nitrogens with two attached hydrogens (primary N) is 1. The molecule has 1 amide bonds. The van der Waals surface area contributed by atoms with Gasteiger partial charge in [-0.2, -0.15) is 13.2 Å². The minimum Gasteiger partial charge on any atom is -0.354 e. The predicted octanol–water partition coefficient (Wildman–Crippen LogP) is 2.59. The van der Waals surface area contributed by atoms with Crippen LogP contribution in [-0.4, -0.2) is 19.0 Å². The third-order valence-corrected chi connectivity index (χ3v) is 4.17.